The summed E-state index contributed by atoms with van der Waals surface area (Å²) in [6.45, 7) is 0. The summed E-state index contributed by atoms with van der Waals surface area (Å²) in [5.74, 6) is -0.854. The highest BCUT2D eigenvalue weighted by molar-refractivity contribution is 6.05. The number of methoxy groups -OCH3 is 1. The normalized spacial score (nSPS) is 10.3. The average Bonchev–Trinajstić information content (AvgIpc) is 2.85. The van der Waals surface area contributed by atoms with Gasteiger partial charge in [0.1, 0.15) is 17.3 Å². The van der Waals surface area contributed by atoms with Gasteiger partial charge in [-0.3, -0.25) is 9.78 Å². The van der Waals surface area contributed by atoms with Gasteiger partial charge in [0.15, 0.2) is 5.82 Å². The molecule has 0 unspecified atom stereocenters. The lowest BCUT2D eigenvalue weighted by Crippen LogP contribution is -2.15. The predicted molar refractivity (Wildman–Crippen MR) is 121 cm³/mol. The minimum Gasteiger partial charge on any atom is -0.496 e. The van der Waals surface area contributed by atoms with Crippen LogP contribution in [-0.4, -0.2) is 28.0 Å². The molecule has 0 saturated heterocycles. The van der Waals surface area contributed by atoms with Crippen LogP contribution < -0.4 is 15.8 Å². The van der Waals surface area contributed by atoms with Gasteiger partial charge in [0.25, 0.3) is 5.91 Å². The van der Waals surface area contributed by atoms with Crippen LogP contribution in [0.5, 0.6) is 5.75 Å². The second-order valence-corrected chi connectivity index (χ2v) is 6.87. The largest absolute Gasteiger partial charge is 0.496 e. The van der Waals surface area contributed by atoms with Crippen molar-refractivity contribution in [3.05, 3.63) is 84.2 Å². The fourth-order valence-corrected chi connectivity index (χ4v) is 3.25. The van der Waals surface area contributed by atoms with E-state index in [4.69, 9.17) is 10.5 Å². The van der Waals surface area contributed by atoms with Gasteiger partial charge in [-0.25, -0.2) is 14.4 Å². The number of ether oxygens (including phenoxy) is 1. The van der Waals surface area contributed by atoms with E-state index in [1.165, 1.54) is 37.7 Å². The molecule has 0 spiro atoms. The first-order valence-electron chi connectivity index (χ1n) is 9.73. The Morgan fingerprint density at radius 1 is 1.18 bits per heavy atom. The number of halogens is 1. The average molecular weight is 440 g/mol. The Balaban J connectivity index is 1.61. The molecule has 0 radical (unpaired) electrons. The van der Waals surface area contributed by atoms with Crippen LogP contribution in [0.3, 0.4) is 0 Å². The zero-order chi connectivity index (χ0) is 23.4. The van der Waals surface area contributed by atoms with E-state index < -0.39 is 11.7 Å². The van der Waals surface area contributed by atoms with E-state index in [1.54, 1.807) is 36.5 Å². The Hall–Kier alpha value is -4.84. The summed E-state index contributed by atoms with van der Waals surface area (Å²) in [5.41, 5.74) is 8.64. The maximum absolute atomic E-state index is 14.4. The van der Waals surface area contributed by atoms with Crippen molar-refractivity contribution in [1.82, 2.24) is 15.0 Å². The van der Waals surface area contributed by atoms with Crippen molar-refractivity contribution in [3.8, 4) is 34.3 Å². The van der Waals surface area contributed by atoms with Crippen molar-refractivity contribution in [2.24, 2.45) is 0 Å². The third kappa shape index (κ3) is 4.31. The molecular weight excluding hydrogens is 423 g/mol. The number of nitrogens with one attached hydrogen (secondary N) is 1. The number of nitrogens with two attached hydrogens (primary N) is 1. The van der Waals surface area contributed by atoms with Crippen molar-refractivity contribution in [2.45, 2.75) is 0 Å². The Kier molecular flexibility index (Phi) is 5.91. The van der Waals surface area contributed by atoms with Gasteiger partial charge in [-0.15, -0.1) is 0 Å². The number of amides is 1. The molecule has 8 nitrogen and oxygen atoms in total. The molecule has 2 heterocycles. The van der Waals surface area contributed by atoms with Crippen LogP contribution in [0.2, 0.25) is 0 Å². The summed E-state index contributed by atoms with van der Waals surface area (Å²) in [5, 5.41) is 12.0. The molecule has 2 aromatic heterocycles. The monoisotopic (exact) mass is 440 g/mol. The molecule has 4 rings (SSSR count). The Bertz CT molecular complexity index is 1400. The number of hydrogen-bond donors (Lipinski definition) is 2. The number of rotatable bonds is 5. The molecule has 33 heavy (non-hydrogen) atoms. The summed E-state index contributed by atoms with van der Waals surface area (Å²) in [7, 11) is 1.41. The number of pyridine rings is 1. The number of nitrogens with zero attached hydrogens (tertiary/aromatic N) is 4. The molecule has 9 heteroatoms. The summed E-state index contributed by atoms with van der Waals surface area (Å²) < 4.78 is 19.6. The van der Waals surface area contributed by atoms with Gasteiger partial charge in [0.2, 0.25) is 0 Å². The number of anilines is 2. The standard InChI is InChI=1S/C24H17FN6O2/c1-33-21-4-2-3-17(25)22(21)23-29-10-8-20(30-23)24(32)31-19-6-5-14(11-18(19)27)16-13-28-9-7-15(16)12-26/h2-11,13H,27H2,1H3,(H,31,32). The lowest BCUT2D eigenvalue weighted by atomic mass is 10.0. The number of carbonyl (C=O) groups excluding carboxylic acids is 1. The van der Waals surface area contributed by atoms with E-state index >= 15 is 0 Å². The minimum atomic E-state index is -0.570. The SMILES string of the molecule is COc1cccc(F)c1-c1nccc(C(=O)Nc2ccc(-c3cnccc3C#N)cc2N)n1. The van der Waals surface area contributed by atoms with Crippen LogP contribution in [-0.2, 0) is 0 Å². The number of aromatic nitrogens is 3. The first kappa shape index (κ1) is 21.4. The Labute approximate surface area is 188 Å². The quantitative estimate of drug-likeness (QED) is 0.448. The van der Waals surface area contributed by atoms with Crippen molar-refractivity contribution >= 4 is 17.3 Å². The third-order valence-electron chi connectivity index (χ3n) is 4.86. The first-order valence-corrected chi connectivity index (χ1v) is 9.73. The van der Waals surface area contributed by atoms with E-state index in [1.807, 2.05) is 0 Å². The molecule has 0 atom stereocenters. The molecule has 162 valence electrons. The predicted octanol–water partition coefficient (Wildman–Crippen LogP) is 4.06. The summed E-state index contributed by atoms with van der Waals surface area (Å²) in [4.78, 5) is 25.1. The molecule has 0 aliphatic carbocycles. The number of nitriles is 1. The number of carbonyl (C=O) groups is 1. The van der Waals surface area contributed by atoms with E-state index in [9.17, 15) is 14.4 Å². The molecular formula is C24H17FN6O2. The highest BCUT2D eigenvalue weighted by Gasteiger charge is 2.17. The fourth-order valence-electron chi connectivity index (χ4n) is 3.25. The Morgan fingerprint density at radius 2 is 2.03 bits per heavy atom. The summed E-state index contributed by atoms with van der Waals surface area (Å²) in [6, 6.07) is 14.5. The van der Waals surface area contributed by atoms with Gasteiger partial charge in [-0.1, -0.05) is 12.1 Å². The Morgan fingerprint density at radius 3 is 2.79 bits per heavy atom. The highest BCUT2D eigenvalue weighted by atomic mass is 19.1. The summed E-state index contributed by atoms with van der Waals surface area (Å²) in [6.07, 6.45) is 4.47. The smallest absolute Gasteiger partial charge is 0.274 e. The minimum absolute atomic E-state index is 0.0153. The van der Waals surface area contributed by atoms with Gasteiger partial charge in [0.05, 0.1) is 35.7 Å². The number of nitrogen functional groups attached to an aromatic ring is 1. The second-order valence-electron chi connectivity index (χ2n) is 6.87. The van der Waals surface area contributed by atoms with Gasteiger partial charge in [0, 0.05) is 24.2 Å². The van der Waals surface area contributed by atoms with Crippen LogP contribution in [0.15, 0.2) is 67.1 Å². The third-order valence-corrected chi connectivity index (χ3v) is 4.86. The van der Waals surface area contributed by atoms with E-state index in [0.29, 0.717) is 28.1 Å². The van der Waals surface area contributed by atoms with E-state index in [0.717, 1.165) is 0 Å². The maximum Gasteiger partial charge on any atom is 0.274 e. The molecule has 0 aliphatic heterocycles. The molecule has 3 N–H and O–H groups in total. The lowest BCUT2D eigenvalue weighted by molar-refractivity contribution is 0.102. The van der Waals surface area contributed by atoms with Crippen molar-refractivity contribution in [3.63, 3.8) is 0 Å². The zero-order valence-corrected chi connectivity index (χ0v) is 17.4. The molecule has 2 aromatic carbocycles. The van der Waals surface area contributed by atoms with Crippen LogP contribution in [0, 0.1) is 17.1 Å². The van der Waals surface area contributed by atoms with Crippen molar-refractivity contribution in [1.29, 1.82) is 5.26 Å². The first-order chi connectivity index (χ1) is 16.0. The van der Waals surface area contributed by atoms with Crippen molar-refractivity contribution < 1.29 is 13.9 Å². The van der Waals surface area contributed by atoms with E-state index in [2.05, 4.69) is 26.3 Å². The van der Waals surface area contributed by atoms with Crippen LogP contribution in [0.1, 0.15) is 16.1 Å². The maximum atomic E-state index is 14.4. The molecule has 0 saturated carbocycles. The zero-order valence-electron chi connectivity index (χ0n) is 17.4. The fraction of sp³-hybridized carbons (Fsp3) is 0.0417. The van der Waals surface area contributed by atoms with Crippen LogP contribution in [0.4, 0.5) is 15.8 Å². The number of benzene rings is 2. The van der Waals surface area contributed by atoms with Crippen LogP contribution >= 0.6 is 0 Å². The van der Waals surface area contributed by atoms with E-state index in [-0.39, 0.29) is 22.8 Å². The van der Waals surface area contributed by atoms with Gasteiger partial charge in [-0.05, 0) is 42.0 Å². The van der Waals surface area contributed by atoms with Crippen molar-refractivity contribution in [2.75, 3.05) is 18.2 Å². The number of hydrogen-bond acceptors (Lipinski definition) is 7. The highest BCUT2D eigenvalue weighted by Crippen LogP contribution is 2.31. The molecule has 1 amide bonds. The van der Waals surface area contributed by atoms with Crippen LogP contribution in [0.25, 0.3) is 22.5 Å². The summed E-state index contributed by atoms with van der Waals surface area (Å²) >= 11 is 0. The molecule has 0 aliphatic rings. The van der Waals surface area contributed by atoms with Gasteiger partial charge >= 0.3 is 0 Å². The molecule has 4 aromatic rings. The second kappa shape index (κ2) is 9.11. The van der Waals surface area contributed by atoms with Gasteiger partial charge < -0.3 is 15.8 Å². The molecule has 0 fully saturated rings. The topological polar surface area (TPSA) is 127 Å². The lowest BCUT2D eigenvalue weighted by Gasteiger charge is -2.12. The van der Waals surface area contributed by atoms with Gasteiger partial charge in [-0.2, -0.15) is 5.26 Å². The molecule has 0 bridgehead atoms.